The molecule has 0 radical (unpaired) electrons. The average molecular weight is 270 g/mol. The second-order valence-corrected chi connectivity index (χ2v) is 5.40. The zero-order chi connectivity index (χ0) is 14.6. The second-order valence-electron chi connectivity index (χ2n) is 5.40. The largest absolute Gasteiger partial charge is 0.480 e. The minimum absolute atomic E-state index is 0.145. The molecule has 19 heavy (non-hydrogen) atoms. The monoisotopic (exact) mass is 270 g/mol. The van der Waals surface area contributed by atoms with Gasteiger partial charge in [0.15, 0.2) is 0 Å². The van der Waals surface area contributed by atoms with Gasteiger partial charge in [-0.15, -0.1) is 0 Å². The first kappa shape index (κ1) is 15.5. The van der Waals surface area contributed by atoms with Crippen LogP contribution in [0.2, 0.25) is 0 Å². The summed E-state index contributed by atoms with van der Waals surface area (Å²) in [5, 5.41) is 11.6. The summed E-state index contributed by atoms with van der Waals surface area (Å²) >= 11 is 0. The van der Waals surface area contributed by atoms with Crippen LogP contribution < -0.4 is 5.32 Å². The summed E-state index contributed by atoms with van der Waals surface area (Å²) in [6.45, 7) is 5.79. The van der Waals surface area contributed by atoms with E-state index in [9.17, 15) is 14.4 Å². The molecule has 0 aliphatic carbocycles. The maximum absolute atomic E-state index is 12.1. The molecule has 1 saturated heterocycles. The van der Waals surface area contributed by atoms with Crippen molar-refractivity contribution in [3.8, 4) is 0 Å². The van der Waals surface area contributed by atoms with E-state index in [0.29, 0.717) is 19.4 Å². The van der Waals surface area contributed by atoms with Crippen LogP contribution in [0, 0.1) is 5.92 Å². The lowest BCUT2D eigenvalue weighted by molar-refractivity contribution is -0.144. The Morgan fingerprint density at radius 3 is 2.47 bits per heavy atom. The summed E-state index contributed by atoms with van der Waals surface area (Å²) in [5.41, 5.74) is 0. The Labute approximate surface area is 113 Å². The lowest BCUT2D eigenvalue weighted by Crippen LogP contribution is -2.50. The zero-order valence-electron chi connectivity index (χ0n) is 11.7. The SMILES string of the molecule is CC(=O)N1CCCC1C(=O)N[C@H](CC(C)C)C(=O)O. The Bertz CT molecular complexity index is 368. The highest BCUT2D eigenvalue weighted by Gasteiger charge is 2.34. The molecule has 0 aromatic rings. The van der Waals surface area contributed by atoms with Gasteiger partial charge in [0.05, 0.1) is 0 Å². The third kappa shape index (κ3) is 4.22. The van der Waals surface area contributed by atoms with Crippen LogP contribution in [0.1, 0.15) is 40.0 Å². The fourth-order valence-electron chi connectivity index (χ4n) is 2.38. The standard InChI is InChI=1S/C13H22N2O4/c1-8(2)7-10(13(18)19)14-12(17)11-5-4-6-15(11)9(3)16/h8,10-11H,4-7H2,1-3H3,(H,14,17)(H,18,19)/t10-,11?/m1/s1. The number of hydrogen-bond acceptors (Lipinski definition) is 3. The molecule has 0 bridgehead atoms. The summed E-state index contributed by atoms with van der Waals surface area (Å²) in [6.07, 6.45) is 1.76. The molecule has 1 heterocycles. The Morgan fingerprint density at radius 1 is 1.37 bits per heavy atom. The number of carbonyl (C=O) groups excluding carboxylic acids is 2. The first-order valence-electron chi connectivity index (χ1n) is 6.63. The van der Waals surface area contributed by atoms with Crippen molar-refractivity contribution in [2.45, 2.75) is 52.1 Å². The minimum atomic E-state index is -1.03. The summed E-state index contributed by atoms with van der Waals surface area (Å²) in [7, 11) is 0. The summed E-state index contributed by atoms with van der Waals surface area (Å²) in [5.74, 6) is -1.36. The van der Waals surface area contributed by atoms with Crippen molar-refractivity contribution < 1.29 is 19.5 Å². The molecule has 0 aromatic carbocycles. The van der Waals surface area contributed by atoms with E-state index in [1.165, 1.54) is 11.8 Å². The van der Waals surface area contributed by atoms with E-state index in [0.717, 1.165) is 6.42 Å². The Hall–Kier alpha value is -1.59. The van der Waals surface area contributed by atoms with Crippen LogP contribution in [0.4, 0.5) is 0 Å². The fourth-order valence-corrected chi connectivity index (χ4v) is 2.38. The van der Waals surface area contributed by atoms with E-state index in [-0.39, 0.29) is 17.7 Å². The third-order valence-electron chi connectivity index (χ3n) is 3.28. The molecule has 0 saturated carbocycles. The molecule has 0 aromatic heterocycles. The maximum Gasteiger partial charge on any atom is 0.326 e. The van der Waals surface area contributed by atoms with E-state index >= 15 is 0 Å². The number of rotatable bonds is 5. The number of likely N-dealkylation sites (tertiary alicyclic amines) is 1. The predicted octanol–water partition coefficient (Wildman–Crippen LogP) is 0.613. The second kappa shape index (κ2) is 6.54. The van der Waals surface area contributed by atoms with Crippen LogP contribution in [-0.4, -0.2) is 46.4 Å². The van der Waals surface area contributed by atoms with Gasteiger partial charge >= 0.3 is 5.97 Å². The van der Waals surface area contributed by atoms with Gasteiger partial charge in [0, 0.05) is 13.5 Å². The van der Waals surface area contributed by atoms with Crippen LogP contribution in [0.15, 0.2) is 0 Å². The van der Waals surface area contributed by atoms with Gasteiger partial charge in [0.25, 0.3) is 0 Å². The van der Waals surface area contributed by atoms with Gasteiger partial charge in [0.1, 0.15) is 12.1 Å². The van der Waals surface area contributed by atoms with Gasteiger partial charge in [-0.1, -0.05) is 13.8 Å². The smallest absolute Gasteiger partial charge is 0.326 e. The van der Waals surface area contributed by atoms with E-state index in [1.54, 1.807) is 0 Å². The molecule has 108 valence electrons. The predicted molar refractivity (Wildman–Crippen MR) is 69.4 cm³/mol. The number of carboxylic acids is 1. The lowest BCUT2D eigenvalue weighted by Gasteiger charge is -2.24. The van der Waals surface area contributed by atoms with Crippen molar-refractivity contribution >= 4 is 17.8 Å². The van der Waals surface area contributed by atoms with Gasteiger partial charge in [-0.3, -0.25) is 9.59 Å². The molecule has 1 fully saturated rings. The van der Waals surface area contributed by atoms with Gasteiger partial charge in [-0.25, -0.2) is 4.79 Å². The first-order chi connectivity index (χ1) is 8.82. The number of hydrogen-bond donors (Lipinski definition) is 2. The highest BCUT2D eigenvalue weighted by atomic mass is 16.4. The summed E-state index contributed by atoms with van der Waals surface area (Å²) in [6, 6.07) is -1.41. The van der Waals surface area contributed by atoms with Gasteiger partial charge in [-0.2, -0.15) is 0 Å². The van der Waals surface area contributed by atoms with Crippen LogP contribution in [0.3, 0.4) is 0 Å². The van der Waals surface area contributed by atoms with E-state index in [2.05, 4.69) is 5.32 Å². The molecule has 1 unspecified atom stereocenters. The van der Waals surface area contributed by atoms with Gasteiger partial charge in [0.2, 0.25) is 11.8 Å². The quantitative estimate of drug-likeness (QED) is 0.766. The zero-order valence-corrected chi connectivity index (χ0v) is 11.7. The van der Waals surface area contributed by atoms with Gasteiger partial charge in [-0.05, 0) is 25.2 Å². The molecule has 1 rings (SSSR count). The number of aliphatic carboxylic acids is 1. The number of carboxylic acid groups (broad SMARTS) is 1. The van der Waals surface area contributed by atoms with Gasteiger partial charge < -0.3 is 15.3 Å². The van der Waals surface area contributed by atoms with Crippen molar-refractivity contribution in [1.29, 1.82) is 0 Å². The van der Waals surface area contributed by atoms with Crippen molar-refractivity contribution in [3.05, 3.63) is 0 Å². The Balaban J connectivity index is 2.66. The molecule has 1 aliphatic heterocycles. The Morgan fingerprint density at radius 2 is 2.00 bits per heavy atom. The van der Waals surface area contributed by atoms with Crippen molar-refractivity contribution in [2.24, 2.45) is 5.92 Å². The normalized spacial score (nSPS) is 20.4. The van der Waals surface area contributed by atoms with Crippen LogP contribution in [0.25, 0.3) is 0 Å². The van der Waals surface area contributed by atoms with Crippen LogP contribution >= 0.6 is 0 Å². The van der Waals surface area contributed by atoms with Crippen LogP contribution in [0.5, 0.6) is 0 Å². The molecule has 2 atom stereocenters. The fraction of sp³-hybridized carbons (Fsp3) is 0.769. The molecule has 1 aliphatic rings. The van der Waals surface area contributed by atoms with E-state index in [1.807, 2.05) is 13.8 Å². The molecule has 6 heteroatoms. The van der Waals surface area contributed by atoms with E-state index in [4.69, 9.17) is 5.11 Å². The van der Waals surface area contributed by atoms with Crippen molar-refractivity contribution in [2.75, 3.05) is 6.54 Å². The molecular weight excluding hydrogens is 248 g/mol. The number of carbonyl (C=O) groups is 3. The highest BCUT2D eigenvalue weighted by Crippen LogP contribution is 2.18. The third-order valence-corrected chi connectivity index (χ3v) is 3.28. The first-order valence-corrected chi connectivity index (χ1v) is 6.63. The van der Waals surface area contributed by atoms with E-state index < -0.39 is 18.1 Å². The van der Waals surface area contributed by atoms with Crippen molar-refractivity contribution in [1.82, 2.24) is 10.2 Å². The topological polar surface area (TPSA) is 86.7 Å². The molecule has 2 amide bonds. The average Bonchev–Trinajstić information content (AvgIpc) is 2.76. The molecular formula is C13H22N2O4. The van der Waals surface area contributed by atoms with Crippen LogP contribution in [-0.2, 0) is 14.4 Å². The van der Waals surface area contributed by atoms with Crippen molar-refractivity contribution in [3.63, 3.8) is 0 Å². The molecule has 6 nitrogen and oxygen atoms in total. The number of amides is 2. The number of nitrogens with zero attached hydrogens (tertiary/aromatic N) is 1. The molecule has 2 N–H and O–H groups in total. The minimum Gasteiger partial charge on any atom is -0.480 e. The Kier molecular flexibility index (Phi) is 5.32. The summed E-state index contributed by atoms with van der Waals surface area (Å²) < 4.78 is 0. The molecule has 0 spiro atoms. The maximum atomic E-state index is 12.1. The highest BCUT2D eigenvalue weighted by molar-refractivity contribution is 5.90. The lowest BCUT2D eigenvalue weighted by atomic mass is 10.0. The summed E-state index contributed by atoms with van der Waals surface area (Å²) in [4.78, 5) is 36.1. The number of nitrogens with one attached hydrogen (secondary N) is 1.